The van der Waals surface area contributed by atoms with Gasteiger partial charge in [-0.05, 0) is 50.0 Å². The Labute approximate surface area is 233 Å². The van der Waals surface area contributed by atoms with Gasteiger partial charge >= 0.3 is 12.2 Å². The van der Waals surface area contributed by atoms with Crippen LogP contribution in [0.2, 0.25) is 5.02 Å². The zero-order valence-electron chi connectivity index (χ0n) is 21.4. The molecule has 2 heterocycles. The molecule has 0 atom stereocenters. The molecule has 14 heteroatoms. The number of allylic oxidation sites excluding steroid dienone is 5. The minimum Gasteiger partial charge on any atom is -0.485 e. The van der Waals surface area contributed by atoms with Crippen LogP contribution in [0.25, 0.3) is 0 Å². The zero-order chi connectivity index (χ0) is 29.2. The number of nitrogens with zero attached hydrogens (tertiary/aromatic N) is 4. The van der Waals surface area contributed by atoms with Crippen LogP contribution in [0, 0.1) is 5.82 Å². The van der Waals surface area contributed by atoms with Crippen LogP contribution >= 0.6 is 23.8 Å². The highest BCUT2D eigenvalue weighted by Gasteiger charge is 2.44. The smallest absolute Gasteiger partial charge is 0.431 e. The predicted octanol–water partition coefficient (Wildman–Crippen LogP) is 6.73. The molecule has 0 spiro atoms. The van der Waals surface area contributed by atoms with Gasteiger partial charge in [0, 0.05) is 19.3 Å². The van der Waals surface area contributed by atoms with Gasteiger partial charge in [0.05, 0.1) is 12.3 Å². The Morgan fingerprint density at radius 3 is 2.64 bits per heavy atom. The van der Waals surface area contributed by atoms with Crippen LogP contribution in [0.4, 0.5) is 28.2 Å². The van der Waals surface area contributed by atoms with Crippen molar-refractivity contribution in [3.63, 3.8) is 0 Å². The van der Waals surface area contributed by atoms with Gasteiger partial charge in [0.1, 0.15) is 29.7 Å². The number of aliphatic imine (C=N–C) groups is 1. The third-order valence-electron chi connectivity index (χ3n) is 4.81. The Morgan fingerprint density at radius 1 is 1.31 bits per heavy atom. The molecule has 0 fully saturated rings. The van der Waals surface area contributed by atoms with Crippen molar-refractivity contribution in [2.45, 2.75) is 32.9 Å². The van der Waals surface area contributed by atoms with E-state index in [1.807, 2.05) is 6.92 Å². The maximum Gasteiger partial charge on any atom is 0.431 e. The van der Waals surface area contributed by atoms with Gasteiger partial charge in [-0.3, -0.25) is 9.89 Å². The Bertz CT molecular complexity index is 1200. The second kappa shape index (κ2) is 14.8. The molecule has 0 unspecified atom stereocenters. The summed E-state index contributed by atoms with van der Waals surface area (Å²) in [4.78, 5) is 21.7. The molecule has 0 radical (unpaired) electrons. The van der Waals surface area contributed by atoms with E-state index < -0.39 is 29.5 Å². The van der Waals surface area contributed by atoms with E-state index in [0.29, 0.717) is 16.4 Å². The van der Waals surface area contributed by atoms with Crippen molar-refractivity contribution in [3.8, 4) is 5.88 Å². The molecular formula is C25H27ClF4N4O4S. The standard InChI is InChI=1S/C25H27ClF4N4O4S/c1-5-8-16-12-20(25(28,29)30)33(4)24(35)34(16)22-19(27)13-18(26)23(32-22)38-17(9-7-10-31-3)14-36-15-21(39)37-11-6-2/h7-10,12-13H,3,5-6,11,14-15H2,1-2,4H3/b10-7-,16-8?,17-9+. The third-order valence-corrected chi connectivity index (χ3v) is 5.32. The maximum absolute atomic E-state index is 15.1. The van der Waals surface area contributed by atoms with E-state index in [0.717, 1.165) is 25.6 Å². The molecule has 1 aromatic heterocycles. The summed E-state index contributed by atoms with van der Waals surface area (Å²) in [7, 11) is 0.926. The van der Waals surface area contributed by atoms with Crippen LogP contribution in [0.1, 0.15) is 26.7 Å². The highest BCUT2D eigenvalue weighted by molar-refractivity contribution is 7.80. The van der Waals surface area contributed by atoms with Crippen molar-refractivity contribution in [2.24, 2.45) is 4.99 Å². The van der Waals surface area contributed by atoms with Crippen LogP contribution in [-0.4, -0.2) is 60.7 Å². The number of hydrogen-bond donors (Lipinski definition) is 0. The van der Waals surface area contributed by atoms with E-state index in [1.165, 1.54) is 24.4 Å². The van der Waals surface area contributed by atoms with Crippen LogP contribution in [-0.2, 0) is 9.47 Å². The fraction of sp³-hybridized carbons (Fsp3) is 0.360. The lowest BCUT2D eigenvalue weighted by atomic mass is 10.2. The summed E-state index contributed by atoms with van der Waals surface area (Å²) >= 11 is 11.2. The fourth-order valence-corrected chi connectivity index (χ4v) is 3.46. The first kappa shape index (κ1) is 31.9. The van der Waals surface area contributed by atoms with Gasteiger partial charge in [-0.15, -0.1) is 0 Å². The Balaban J connectivity index is 2.44. The first-order valence-electron chi connectivity index (χ1n) is 11.6. The summed E-state index contributed by atoms with van der Waals surface area (Å²) in [5.74, 6) is -1.87. The first-order chi connectivity index (χ1) is 18.4. The first-order valence-corrected chi connectivity index (χ1v) is 12.4. The Morgan fingerprint density at radius 2 is 2.03 bits per heavy atom. The van der Waals surface area contributed by atoms with Crippen molar-refractivity contribution in [2.75, 3.05) is 31.8 Å². The fourth-order valence-electron chi connectivity index (χ4n) is 3.12. The molecule has 212 valence electrons. The molecule has 0 aromatic carbocycles. The molecule has 0 saturated heterocycles. The number of amides is 2. The zero-order valence-corrected chi connectivity index (χ0v) is 23.0. The van der Waals surface area contributed by atoms with Crippen LogP contribution in [0.3, 0.4) is 0 Å². The summed E-state index contributed by atoms with van der Waals surface area (Å²) in [6.45, 7) is 7.17. The van der Waals surface area contributed by atoms with Crippen molar-refractivity contribution in [1.29, 1.82) is 0 Å². The number of aromatic nitrogens is 1. The van der Waals surface area contributed by atoms with Crippen LogP contribution in [0.15, 0.2) is 58.7 Å². The number of carbonyl (C=O) groups excluding carboxylic acids is 1. The van der Waals surface area contributed by atoms with Gasteiger partial charge in [0.25, 0.3) is 0 Å². The van der Waals surface area contributed by atoms with E-state index in [1.54, 1.807) is 6.92 Å². The van der Waals surface area contributed by atoms with E-state index in [9.17, 15) is 18.0 Å². The highest BCUT2D eigenvalue weighted by Crippen LogP contribution is 2.38. The summed E-state index contributed by atoms with van der Waals surface area (Å²) in [6, 6.07) is -0.337. The molecule has 1 aliphatic heterocycles. The molecule has 0 aliphatic carbocycles. The number of anilines is 1. The monoisotopic (exact) mass is 590 g/mol. The lowest BCUT2D eigenvalue weighted by Gasteiger charge is -2.35. The van der Waals surface area contributed by atoms with E-state index >= 15 is 4.39 Å². The number of hydrogen-bond acceptors (Lipinski definition) is 7. The van der Waals surface area contributed by atoms with Gasteiger partial charge in [0.15, 0.2) is 16.7 Å². The molecule has 0 saturated carbocycles. The third kappa shape index (κ3) is 8.87. The van der Waals surface area contributed by atoms with Gasteiger partial charge in [-0.2, -0.15) is 18.2 Å². The molecule has 39 heavy (non-hydrogen) atoms. The highest BCUT2D eigenvalue weighted by atomic mass is 35.5. The number of ether oxygens (including phenoxy) is 3. The normalized spacial score (nSPS) is 15.7. The lowest BCUT2D eigenvalue weighted by molar-refractivity contribution is -0.106. The maximum atomic E-state index is 15.1. The number of urea groups is 1. The van der Waals surface area contributed by atoms with Crippen LogP contribution in [0.5, 0.6) is 5.88 Å². The molecule has 0 bridgehead atoms. The molecule has 0 N–H and O–H groups in total. The topological polar surface area (TPSA) is 76.5 Å². The summed E-state index contributed by atoms with van der Waals surface area (Å²) in [6.07, 6.45) is 2.55. The minimum absolute atomic E-state index is 0.0249. The molecule has 1 aromatic rings. The SMILES string of the molecule is C=N/C=C\C=C(/COCC(=S)OCCC)Oc1nc(N2C(=O)N(C)C(C(F)(F)F)=CC2=CCC)c(F)cc1Cl. The second-order valence-electron chi connectivity index (χ2n) is 7.79. The van der Waals surface area contributed by atoms with Crippen molar-refractivity contribution >= 4 is 47.4 Å². The number of carbonyl (C=O) groups is 1. The van der Waals surface area contributed by atoms with Crippen molar-refractivity contribution < 1.29 is 36.6 Å². The number of halogens is 5. The number of rotatable bonds is 12. The van der Waals surface area contributed by atoms with Gasteiger partial charge in [-0.1, -0.05) is 31.5 Å². The summed E-state index contributed by atoms with van der Waals surface area (Å²) < 4.78 is 72.1. The summed E-state index contributed by atoms with van der Waals surface area (Å²) in [5, 5.41) is -0.0332. The van der Waals surface area contributed by atoms with E-state index in [2.05, 4.69) is 16.7 Å². The largest absolute Gasteiger partial charge is 0.485 e. The minimum atomic E-state index is -4.82. The molecule has 8 nitrogen and oxygen atoms in total. The Kier molecular flexibility index (Phi) is 12.1. The second-order valence-corrected chi connectivity index (χ2v) is 8.66. The average molecular weight is 591 g/mol. The van der Waals surface area contributed by atoms with Crippen molar-refractivity contribution in [3.05, 3.63) is 64.6 Å². The number of pyridine rings is 1. The lowest BCUT2D eigenvalue weighted by Crippen LogP contribution is -2.47. The van der Waals surface area contributed by atoms with Gasteiger partial charge < -0.3 is 14.2 Å². The molecule has 1 aliphatic rings. The molecule has 2 rings (SSSR count). The number of thiocarbonyl (C=S) groups is 1. The van der Waals surface area contributed by atoms with E-state index in [-0.39, 0.29) is 47.0 Å². The number of alkyl halides is 3. The molecule has 2 amide bonds. The van der Waals surface area contributed by atoms with Crippen molar-refractivity contribution in [1.82, 2.24) is 9.88 Å². The Hall–Kier alpha value is -3.29. The van der Waals surface area contributed by atoms with Crippen LogP contribution < -0.4 is 9.64 Å². The van der Waals surface area contributed by atoms with E-state index in [4.69, 9.17) is 38.0 Å². The molecular weight excluding hydrogens is 564 g/mol. The summed E-state index contributed by atoms with van der Waals surface area (Å²) in [5.41, 5.74) is -1.42. The average Bonchev–Trinajstić information content (AvgIpc) is 2.86. The quantitative estimate of drug-likeness (QED) is 0.0883. The van der Waals surface area contributed by atoms with Gasteiger partial charge in [0.2, 0.25) is 5.88 Å². The predicted molar refractivity (Wildman–Crippen MR) is 144 cm³/mol. The van der Waals surface area contributed by atoms with Gasteiger partial charge in [-0.25, -0.2) is 14.1 Å².